The van der Waals surface area contributed by atoms with Gasteiger partial charge in [-0.3, -0.25) is 15.1 Å². The fraction of sp³-hybridized carbons (Fsp3) is 0.286. The summed E-state index contributed by atoms with van der Waals surface area (Å²) in [6.45, 7) is 0. The number of hydrogen-bond acceptors (Lipinski definition) is 5. The van der Waals surface area contributed by atoms with Gasteiger partial charge < -0.3 is 9.84 Å². The molecule has 0 aromatic carbocycles. The maximum atomic E-state index is 11.9. The first-order valence-electron chi connectivity index (χ1n) is 3.93. The molecule has 0 saturated carbocycles. The van der Waals surface area contributed by atoms with E-state index in [1.54, 1.807) is 0 Å². The van der Waals surface area contributed by atoms with Gasteiger partial charge >= 0.3 is 12.0 Å². The van der Waals surface area contributed by atoms with Gasteiger partial charge in [-0.1, -0.05) is 15.9 Å². The average molecular weight is 317 g/mol. The van der Waals surface area contributed by atoms with Crippen molar-refractivity contribution in [3.8, 4) is 11.5 Å². The molecule has 0 spiro atoms. The Morgan fingerprint density at radius 2 is 2.18 bits per heavy atom. The van der Waals surface area contributed by atoms with E-state index in [1.165, 1.54) is 0 Å². The Morgan fingerprint density at radius 3 is 2.59 bits per heavy atom. The lowest BCUT2D eigenvalue weighted by atomic mass is 10.3. The fourth-order valence-electron chi connectivity index (χ4n) is 0.986. The summed E-state index contributed by atoms with van der Waals surface area (Å²) < 4.78 is 39.2. The van der Waals surface area contributed by atoms with E-state index in [0.29, 0.717) is 6.20 Å². The van der Waals surface area contributed by atoms with Crippen LogP contribution in [-0.4, -0.2) is 21.4 Å². The van der Waals surface area contributed by atoms with Crippen molar-refractivity contribution < 1.29 is 27.9 Å². The lowest BCUT2D eigenvalue weighted by Crippen LogP contribution is -2.18. The molecule has 1 heterocycles. The number of aromatic nitrogens is 1. The highest BCUT2D eigenvalue weighted by Crippen LogP contribution is 2.40. The summed E-state index contributed by atoms with van der Waals surface area (Å²) in [7, 11) is 0. The van der Waals surface area contributed by atoms with Crippen LogP contribution in [0.25, 0.3) is 0 Å². The number of hydrogen-bond donors (Lipinski definition) is 1. The molecule has 10 heteroatoms. The molecule has 1 rings (SSSR count). The third-order valence-corrected chi connectivity index (χ3v) is 2.13. The van der Waals surface area contributed by atoms with Crippen LogP contribution in [0.1, 0.15) is 5.69 Å². The molecule has 94 valence electrons. The van der Waals surface area contributed by atoms with E-state index in [2.05, 4.69) is 25.7 Å². The molecule has 0 aliphatic carbocycles. The van der Waals surface area contributed by atoms with Crippen molar-refractivity contribution in [2.24, 2.45) is 0 Å². The number of alkyl halides is 4. The molecule has 1 aromatic rings. The topological polar surface area (TPSA) is 85.5 Å². The van der Waals surface area contributed by atoms with Crippen molar-refractivity contribution in [3.63, 3.8) is 0 Å². The zero-order valence-corrected chi connectivity index (χ0v) is 9.45. The highest BCUT2D eigenvalue weighted by atomic mass is 79.9. The van der Waals surface area contributed by atoms with Crippen LogP contribution in [0.3, 0.4) is 0 Å². The number of rotatable bonds is 3. The van der Waals surface area contributed by atoms with Gasteiger partial charge in [0.25, 0.3) is 0 Å². The van der Waals surface area contributed by atoms with Gasteiger partial charge in [0, 0.05) is 5.33 Å². The Bertz CT molecular complexity index is 451. The Hall–Kier alpha value is -1.58. The highest BCUT2D eigenvalue weighted by molar-refractivity contribution is 9.08. The monoisotopic (exact) mass is 316 g/mol. The SMILES string of the molecule is O=[N+]([O-])c1c(OC(F)(F)F)cnc(CBr)c1O. The van der Waals surface area contributed by atoms with Crippen LogP contribution >= 0.6 is 15.9 Å². The van der Waals surface area contributed by atoms with Crippen molar-refractivity contribution >= 4 is 21.6 Å². The number of halogens is 4. The van der Waals surface area contributed by atoms with E-state index in [4.69, 9.17) is 0 Å². The Balaban J connectivity index is 3.32. The summed E-state index contributed by atoms with van der Waals surface area (Å²) in [5, 5.41) is 19.9. The van der Waals surface area contributed by atoms with Crippen molar-refractivity contribution in [1.29, 1.82) is 0 Å². The maximum Gasteiger partial charge on any atom is 0.573 e. The third kappa shape index (κ3) is 3.19. The van der Waals surface area contributed by atoms with E-state index in [0.717, 1.165) is 0 Å². The quantitative estimate of drug-likeness (QED) is 0.526. The van der Waals surface area contributed by atoms with E-state index >= 15 is 0 Å². The predicted octanol–water partition coefficient (Wildman–Crippen LogP) is 2.49. The van der Waals surface area contributed by atoms with Crippen LogP contribution in [0, 0.1) is 10.1 Å². The van der Waals surface area contributed by atoms with Gasteiger partial charge in [0.1, 0.15) is 5.69 Å². The van der Waals surface area contributed by atoms with Crippen LogP contribution < -0.4 is 4.74 Å². The first-order valence-corrected chi connectivity index (χ1v) is 5.05. The van der Waals surface area contributed by atoms with Gasteiger partial charge in [-0.05, 0) is 0 Å². The summed E-state index contributed by atoms with van der Waals surface area (Å²) in [6, 6.07) is 0. The molecule has 0 unspecified atom stereocenters. The summed E-state index contributed by atoms with van der Waals surface area (Å²) in [5.74, 6) is -2.13. The molecule has 0 radical (unpaired) electrons. The Labute approximate surface area is 100 Å². The maximum absolute atomic E-state index is 11.9. The minimum absolute atomic E-state index is 0.0496. The number of ether oxygens (including phenoxy) is 1. The second-order valence-corrected chi connectivity index (χ2v) is 3.27. The fourth-order valence-corrected chi connectivity index (χ4v) is 1.40. The van der Waals surface area contributed by atoms with Crippen molar-refractivity contribution in [3.05, 3.63) is 22.0 Å². The second kappa shape index (κ2) is 4.73. The van der Waals surface area contributed by atoms with E-state index < -0.39 is 28.5 Å². The van der Waals surface area contributed by atoms with Crippen LogP contribution in [0.5, 0.6) is 11.5 Å². The van der Waals surface area contributed by atoms with Crippen LogP contribution in [0.4, 0.5) is 18.9 Å². The van der Waals surface area contributed by atoms with E-state index in [9.17, 15) is 28.4 Å². The zero-order chi connectivity index (χ0) is 13.2. The third-order valence-electron chi connectivity index (χ3n) is 1.60. The van der Waals surface area contributed by atoms with Gasteiger partial charge in [-0.2, -0.15) is 0 Å². The van der Waals surface area contributed by atoms with E-state index in [1.807, 2.05) is 0 Å². The Kier molecular flexibility index (Phi) is 3.76. The highest BCUT2D eigenvalue weighted by Gasteiger charge is 2.36. The number of nitrogens with zero attached hydrogens (tertiary/aromatic N) is 2. The molecule has 1 N–H and O–H groups in total. The lowest BCUT2D eigenvalue weighted by molar-refractivity contribution is -0.389. The van der Waals surface area contributed by atoms with Crippen molar-refractivity contribution in [2.75, 3.05) is 0 Å². The second-order valence-electron chi connectivity index (χ2n) is 2.70. The molecule has 0 saturated heterocycles. The molecule has 1 aromatic heterocycles. The minimum Gasteiger partial charge on any atom is -0.501 e. The summed E-state index contributed by atoms with van der Waals surface area (Å²) in [4.78, 5) is 12.8. The van der Waals surface area contributed by atoms with Gasteiger partial charge in [0.05, 0.1) is 11.1 Å². The standard InChI is InChI=1S/C7H4BrF3N2O4/c8-1-3-6(14)5(13(15)16)4(2-12-3)17-7(9,10)11/h2,14H,1H2. The molecule has 17 heavy (non-hydrogen) atoms. The number of aromatic hydroxyl groups is 1. The zero-order valence-electron chi connectivity index (χ0n) is 7.86. The smallest absolute Gasteiger partial charge is 0.501 e. The molecule has 0 aliphatic rings. The largest absolute Gasteiger partial charge is 0.573 e. The summed E-state index contributed by atoms with van der Waals surface area (Å²) in [5.41, 5.74) is -1.34. The van der Waals surface area contributed by atoms with Gasteiger partial charge in [-0.15, -0.1) is 13.2 Å². The molecule has 0 amide bonds. The number of nitro groups is 1. The first kappa shape index (κ1) is 13.5. The molecule has 0 atom stereocenters. The number of pyridine rings is 1. The molecule has 0 fully saturated rings. The summed E-state index contributed by atoms with van der Waals surface area (Å²) >= 11 is 2.87. The average Bonchev–Trinajstić information content (AvgIpc) is 2.14. The van der Waals surface area contributed by atoms with Gasteiger partial charge in [-0.25, -0.2) is 0 Å². The molecule has 0 bridgehead atoms. The molecule has 0 aliphatic heterocycles. The van der Waals surface area contributed by atoms with Crippen LogP contribution in [0.15, 0.2) is 6.20 Å². The van der Waals surface area contributed by atoms with E-state index in [-0.39, 0.29) is 11.0 Å². The normalized spacial score (nSPS) is 11.3. The van der Waals surface area contributed by atoms with Crippen LogP contribution in [-0.2, 0) is 5.33 Å². The minimum atomic E-state index is -5.10. The predicted molar refractivity (Wildman–Crippen MR) is 51.9 cm³/mol. The Morgan fingerprint density at radius 1 is 1.59 bits per heavy atom. The van der Waals surface area contributed by atoms with Gasteiger partial charge in [0.2, 0.25) is 11.5 Å². The van der Waals surface area contributed by atoms with Crippen molar-refractivity contribution in [1.82, 2.24) is 4.98 Å². The summed E-state index contributed by atoms with van der Waals surface area (Å²) in [6.07, 6.45) is -4.57. The molecule has 6 nitrogen and oxygen atoms in total. The molecular formula is C7H4BrF3N2O4. The molecular weight excluding hydrogens is 313 g/mol. The van der Waals surface area contributed by atoms with Crippen molar-refractivity contribution in [2.45, 2.75) is 11.7 Å². The van der Waals surface area contributed by atoms with Crippen LogP contribution in [0.2, 0.25) is 0 Å². The first-order chi connectivity index (χ1) is 7.76. The lowest BCUT2D eigenvalue weighted by Gasteiger charge is -2.10. The van der Waals surface area contributed by atoms with Gasteiger partial charge in [0.15, 0.2) is 0 Å².